The normalized spacial score (nSPS) is 15.0. The monoisotopic (exact) mass is 470 g/mol. The van der Waals surface area contributed by atoms with Crippen LogP contribution in [-0.2, 0) is 0 Å². The molecule has 1 aromatic heterocycles. The van der Waals surface area contributed by atoms with E-state index in [2.05, 4.69) is 16.3 Å². The summed E-state index contributed by atoms with van der Waals surface area (Å²) in [6, 6.07) is 22.7. The molecule has 0 unspecified atom stereocenters. The van der Waals surface area contributed by atoms with E-state index in [1.54, 1.807) is 14.2 Å². The zero-order chi connectivity index (χ0) is 24.2. The van der Waals surface area contributed by atoms with E-state index in [0.29, 0.717) is 28.5 Å². The fraction of sp³-hybridized carbons (Fsp3) is 0.276. The number of nitrogens with one attached hydrogen (secondary N) is 1. The summed E-state index contributed by atoms with van der Waals surface area (Å²) in [6.07, 6.45) is 3.42. The number of amides is 1. The number of hydrogen-bond acceptors (Lipinski definition) is 5. The van der Waals surface area contributed by atoms with E-state index in [4.69, 9.17) is 13.9 Å². The molecule has 1 N–H and O–H groups in total. The van der Waals surface area contributed by atoms with Crippen molar-refractivity contribution < 1.29 is 18.7 Å². The van der Waals surface area contributed by atoms with Gasteiger partial charge in [0.15, 0.2) is 17.3 Å². The minimum atomic E-state index is -0.251. The topological polar surface area (TPSA) is 63.9 Å². The number of carbonyl (C=O) groups is 1. The smallest absolute Gasteiger partial charge is 0.255 e. The van der Waals surface area contributed by atoms with Gasteiger partial charge in [-0.3, -0.25) is 9.69 Å². The Morgan fingerprint density at radius 2 is 1.63 bits per heavy atom. The van der Waals surface area contributed by atoms with Crippen LogP contribution in [0.15, 0.2) is 77.2 Å². The highest BCUT2D eigenvalue weighted by atomic mass is 16.5. The molecule has 1 saturated heterocycles. The van der Waals surface area contributed by atoms with Crippen molar-refractivity contribution in [1.82, 2.24) is 4.90 Å². The molecule has 6 heteroatoms. The quantitative estimate of drug-likeness (QED) is 0.344. The maximum atomic E-state index is 13.3. The Labute approximate surface area is 205 Å². The first-order valence-electron chi connectivity index (χ1n) is 12.0. The standard InChI is InChI=1S/C29H30N2O4/c1-33-24-17-11-15-22(27(24)34-2)26(31-18-9-4-10-19-31)28-25(21-14-7-8-16-23(21)35-28)30-29(32)20-12-5-3-6-13-20/h3,5-8,11-17,26H,4,9-10,18-19H2,1-2H3,(H,30,32)/t26-/m1/s1. The first-order chi connectivity index (χ1) is 17.2. The molecule has 2 heterocycles. The van der Waals surface area contributed by atoms with Gasteiger partial charge < -0.3 is 19.2 Å². The Hall–Kier alpha value is -3.77. The molecule has 1 aliphatic heterocycles. The molecular formula is C29H30N2O4. The second-order valence-corrected chi connectivity index (χ2v) is 8.74. The molecule has 0 aliphatic carbocycles. The molecule has 3 aromatic carbocycles. The van der Waals surface area contributed by atoms with E-state index >= 15 is 0 Å². The van der Waals surface area contributed by atoms with Gasteiger partial charge in [-0.1, -0.05) is 48.9 Å². The number of carbonyl (C=O) groups excluding carboxylic acids is 1. The van der Waals surface area contributed by atoms with Gasteiger partial charge in [0.25, 0.3) is 5.91 Å². The van der Waals surface area contributed by atoms with Crippen LogP contribution in [0.4, 0.5) is 5.69 Å². The van der Waals surface area contributed by atoms with Crippen molar-refractivity contribution in [2.45, 2.75) is 25.3 Å². The molecule has 5 rings (SSSR count). The van der Waals surface area contributed by atoms with Crippen molar-refractivity contribution >= 4 is 22.6 Å². The molecule has 0 saturated carbocycles. The Morgan fingerprint density at radius 1 is 0.886 bits per heavy atom. The zero-order valence-electron chi connectivity index (χ0n) is 20.1. The average molecular weight is 471 g/mol. The number of methoxy groups -OCH3 is 2. The van der Waals surface area contributed by atoms with E-state index < -0.39 is 0 Å². The zero-order valence-corrected chi connectivity index (χ0v) is 20.1. The summed E-state index contributed by atoms with van der Waals surface area (Å²) in [4.78, 5) is 15.7. The van der Waals surface area contributed by atoms with Crippen molar-refractivity contribution in [3.8, 4) is 11.5 Å². The van der Waals surface area contributed by atoms with Crippen LogP contribution >= 0.6 is 0 Å². The third-order valence-corrected chi connectivity index (χ3v) is 6.63. The summed E-state index contributed by atoms with van der Waals surface area (Å²) >= 11 is 0. The predicted molar refractivity (Wildman–Crippen MR) is 137 cm³/mol. The molecule has 6 nitrogen and oxygen atoms in total. The molecule has 0 radical (unpaired) electrons. The summed E-state index contributed by atoms with van der Waals surface area (Å²) in [6.45, 7) is 1.85. The maximum Gasteiger partial charge on any atom is 0.255 e. The summed E-state index contributed by atoms with van der Waals surface area (Å²) in [5, 5.41) is 4.04. The number of piperidine rings is 1. The van der Waals surface area contributed by atoms with E-state index in [0.717, 1.165) is 42.5 Å². The predicted octanol–water partition coefficient (Wildman–Crippen LogP) is 6.28. The van der Waals surface area contributed by atoms with Gasteiger partial charge in [-0.15, -0.1) is 0 Å². The average Bonchev–Trinajstić information content (AvgIpc) is 3.27. The molecule has 0 spiro atoms. The van der Waals surface area contributed by atoms with Gasteiger partial charge in [0.05, 0.1) is 25.9 Å². The van der Waals surface area contributed by atoms with Crippen LogP contribution in [0.5, 0.6) is 11.5 Å². The molecule has 0 bridgehead atoms. The van der Waals surface area contributed by atoms with Crippen LogP contribution in [0.3, 0.4) is 0 Å². The van der Waals surface area contributed by atoms with Crippen LogP contribution in [0, 0.1) is 0 Å². The first-order valence-corrected chi connectivity index (χ1v) is 12.0. The lowest BCUT2D eigenvalue weighted by Gasteiger charge is -2.35. The highest BCUT2D eigenvalue weighted by Gasteiger charge is 2.34. The first kappa shape index (κ1) is 23.0. The number of nitrogens with zero attached hydrogens (tertiary/aromatic N) is 1. The number of anilines is 1. The third kappa shape index (κ3) is 4.49. The third-order valence-electron chi connectivity index (χ3n) is 6.63. The van der Waals surface area contributed by atoms with Crippen LogP contribution in [-0.4, -0.2) is 38.1 Å². The van der Waals surface area contributed by atoms with E-state index in [1.165, 1.54) is 6.42 Å². The van der Waals surface area contributed by atoms with Crippen molar-refractivity contribution in [1.29, 1.82) is 0 Å². The van der Waals surface area contributed by atoms with E-state index in [9.17, 15) is 4.79 Å². The number of ether oxygens (including phenoxy) is 2. The number of rotatable bonds is 7. The number of hydrogen-bond donors (Lipinski definition) is 1. The summed E-state index contributed by atoms with van der Waals surface area (Å²) in [5.74, 6) is 1.86. The van der Waals surface area contributed by atoms with Crippen LogP contribution in [0.1, 0.15) is 47.0 Å². The number of furan rings is 1. The van der Waals surface area contributed by atoms with Gasteiger partial charge in [0.2, 0.25) is 0 Å². The van der Waals surface area contributed by atoms with Crippen LogP contribution in [0.25, 0.3) is 11.0 Å². The highest BCUT2D eigenvalue weighted by molar-refractivity contribution is 6.09. The largest absolute Gasteiger partial charge is 0.493 e. The van der Waals surface area contributed by atoms with Crippen molar-refractivity contribution in [3.63, 3.8) is 0 Å². The summed E-state index contributed by atoms with van der Waals surface area (Å²) < 4.78 is 18.0. The maximum absolute atomic E-state index is 13.3. The number of para-hydroxylation sites is 2. The lowest BCUT2D eigenvalue weighted by molar-refractivity contribution is 0.102. The van der Waals surface area contributed by atoms with Crippen molar-refractivity contribution in [3.05, 3.63) is 89.7 Å². The van der Waals surface area contributed by atoms with E-state index in [1.807, 2.05) is 66.7 Å². The Balaban J connectivity index is 1.69. The van der Waals surface area contributed by atoms with Gasteiger partial charge in [-0.2, -0.15) is 0 Å². The fourth-order valence-corrected chi connectivity index (χ4v) is 4.97. The lowest BCUT2D eigenvalue weighted by atomic mass is 9.96. The second kappa shape index (κ2) is 10.2. The fourth-order valence-electron chi connectivity index (χ4n) is 4.97. The number of likely N-dealkylation sites (tertiary alicyclic amines) is 1. The Morgan fingerprint density at radius 3 is 2.37 bits per heavy atom. The van der Waals surface area contributed by atoms with Gasteiger partial charge in [0, 0.05) is 16.5 Å². The molecular weight excluding hydrogens is 440 g/mol. The molecule has 180 valence electrons. The minimum absolute atomic E-state index is 0.173. The van der Waals surface area contributed by atoms with E-state index in [-0.39, 0.29) is 11.9 Å². The lowest BCUT2D eigenvalue weighted by Crippen LogP contribution is -2.35. The molecule has 1 atom stereocenters. The Bertz CT molecular complexity index is 1310. The number of benzene rings is 3. The van der Waals surface area contributed by atoms with Crippen molar-refractivity contribution in [2.24, 2.45) is 0 Å². The van der Waals surface area contributed by atoms with Crippen molar-refractivity contribution in [2.75, 3.05) is 32.6 Å². The number of fused-ring (bicyclic) bond motifs is 1. The van der Waals surface area contributed by atoms with Gasteiger partial charge in [0.1, 0.15) is 5.58 Å². The van der Waals surface area contributed by atoms with Crippen LogP contribution < -0.4 is 14.8 Å². The molecule has 1 amide bonds. The highest BCUT2D eigenvalue weighted by Crippen LogP contribution is 2.46. The molecule has 4 aromatic rings. The molecule has 35 heavy (non-hydrogen) atoms. The summed E-state index contributed by atoms with van der Waals surface area (Å²) in [5.41, 5.74) is 2.96. The van der Waals surface area contributed by atoms with Gasteiger partial charge in [-0.25, -0.2) is 0 Å². The molecule has 1 aliphatic rings. The Kier molecular flexibility index (Phi) is 6.73. The summed E-state index contributed by atoms with van der Waals surface area (Å²) in [7, 11) is 3.30. The van der Waals surface area contributed by atoms with Gasteiger partial charge in [-0.05, 0) is 56.3 Å². The second-order valence-electron chi connectivity index (χ2n) is 8.74. The van der Waals surface area contributed by atoms with Crippen LogP contribution in [0.2, 0.25) is 0 Å². The van der Waals surface area contributed by atoms with Gasteiger partial charge >= 0.3 is 0 Å². The molecule has 1 fully saturated rings. The SMILES string of the molecule is COc1cccc([C@H](c2oc3ccccc3c2NC(=O)c2ccccc2)N2CCCCC2)c1OC. The minimum Gasteiger partial charge on any atom is -0.493 e.